The zero-order valence-corrected chi connectivity index (χ0v) is 18.4. The number of carbonyl (C=O) groups is 1. The maximum absolute atomic E-state index is 11.6. The van der Waals surface area contributed by atoms with Gasteiger partial charge in [0.2, 0.25) is 5.91 Å². The minimum atomic E-state index is -0.140. The van der Waals surface area contributed by atoms with Gasteiger partial charge in [0.05, 0.1) is 18.7 Å². The van der Waals surface area contributed by atoms with Crippen LogP contribution in [0.5, 0.6) is 17.2 Å². The van der Waals surface area contributed by atoms with Crippen LogP contribution >= 0.6 is 15.9 Å². The number of rotatable bonds is 4. The standard InChI is InChI=1S/C23H21BrN2O4/c1-12(27)26-19-6-4-5-15-14(19)7-8-16-17(11-21(25)30-22(15)16)13-9-18(24)23(29-3)20(10-13)28-2/h4-11,17H,25H2,1-3H3,(H,26,27). The summed E-state index contributed by atoms with van der Waals surface area (Å²) in [5.74, 6) is 1.97. The van der Waals surface area contributed by atoms with E-state index in [0.29, 0.717) is 23.1 Å². The summed E-state index contributed by atoms with van der Waals surface area (Å²) < 4.78 is 17.7. The summed E-state index contributed by atoms with van der Waals surface area (Å²) in [6, 6.07) is 13.6. The summed E-state index contributed by atoms with van der Waals surface area (Å²) in [5.41, 5.74) is 8.82. The van der Waals surface area contributed by atoms with Crippen molar-refractivity contribution in [1.82, 2.24) is 0 Å². The van der Waals surface area contributed by atoms with Crippen LogP contribution in [0.15, 0.2) is 58.9 Å². The van der Waals surface area contributed by atoms with Crippen LogP contribution in [-0.2, 0) is 4.79 Å². The summed E-state index contributed by atoms with van der Waals surface area (Å²) >= 11 is 3.56. The molecule has 0 saturated heterocycles. The topological polar surface area (TPSA) is 82.8 Å². The Kier molecular flexibility index (Phi) is 5.30. The first-order chi connectivity index (χ1) is 14.4. The van der Waals surface area contributed by atoms with Crippen molar-refractivity contribution in [3.8, 4) is 17.2 Å². The number of ether oxygens (including phenoxy) is 3. The third-order valence-electron chi connectivity index (χ3n) is 5.05. The maximum atomic E-state index is 11.6. The summed E-state index contributed by atoms with van der Waals surface area (Å²) in [5, 5.41) is 4.62. The van der Waals surface area contributed by atoms with Crippen molar-refractivity contribution in [3.63, 3.8) is 0 Å². The van der Waals surface area contributed by atoms with Crippen LogP contribution in [0.4, 0.5) is 5.69 Å². The predicted octanol–water partition coefficient (Wildman–Crippen LogP) is 4.90. The molecule has 0 bridgehead atoms. The van der Waals surface area contributed by atoms with Crippen molar-refractivity contribution in [3.05, 3.63) is 70.0 Å². The van der Waals surface area contributed by atoms with Crippen LogP contribution < -0.4 is 25.3 Å². The van der Waals surface area contributed by atoms with Gasteiger partial charge in [-0.3, -0.25) is 4.79 Å². The third kappa shape index (κ3) is 3.45. The Morgan fingerprint density at radius 2 is 1.93 bits per heavy atom. The first kappa shape index (κ1) is 20.1. The number of nitrogens with two attached hydrogens (primary N) is 1. The van der Waals surface area contributed by atoms with E-state index in [9.17, 15) is 4.79 Å². The van der Waals surface area contributed by atoms with Gasteiger partial charge >= 0.3 is 0 Å². The van der Waals surface area contributed by atoms with Crippen LogP contribution in [0.3, 0.4) is 0 Å². The van der Waals surface area contributed by atoms with Gasteiger partial charge in [-0.05, 0) is 45.8 Å². The SMILES string of the molecule is COc1cc(C2C=C(N)Oc3c2ccc2c(NC(C)=O)cccc32)cc(Br)c1OC. The molecule has 6 nitrogen and oxygen atoms in total. The summed E-state index contributed by atoms with van der Waals surface area (Å²) in [6.07, 6.45) is 1.87. The number of allylic oxidation sites excluding steroid dienone is 1. The van der Waals surface area contributed by atoms with Crippen molar-refractivity contribution >= 4 is 38.3 Å². The van der Waals surface area contributed by atoms with Crippen LogP contribution in [0.25, 0.3) is 10.8 Å². The number of carbonyl (C=O) groups excluding carboxylic acids is 1. The molecule has 3 N–H and O–H groups in total. The molecule has 154 valence electrons. The van der Waals surface area contributed by atoms with Gasteiger partial charge in [0.15, 0.2) is 17.4 Å². The molecule has 3 aromatic carbocycles. The fourth-order valence-corrected chi connectivity index (χ4v) is 4.43. The number of methoxy groups -OCH3 is 2. The molecule has 1 heterocycles. The van der Waals surface area contributed by atoms with Crippen LogP contribution in [0.1, 0.15) is 24.0 Å². The van der Waals surface area contributed by atoms with E-state index in [1.807, 2.05) is 48.5 Å². The zero-order valence-electron chi connectivity index (χ0n) is 16.8. The lowest BCUT2D eigenvalue weighted by atomic mass is 9.87. The summed E-state index contributed by atoms with van der Waals surface area (Å²) in [7, 11) is 3.20. The van der Waals surface area contributed by atoms with Crippen molar-refractivity contribution in [2.45, 2.75) is 12.8 Å². The molecule has 7 heteroatoms. The number of nitrogens with one attached hydrogen (secondary N) is 1. The van der Waals surface area contributed by atoms with E-state index in [1.165, 1.54) is 6.92 Å². The Bertz CT molecular complexity index is 1190. The Morgan fingerprint density at radius 3 is 2.63 bits per heavy atom. The highest BCUT2D eigenvalue weighted by Gasteiger charge is 2.26. The number of fused-ring (bicyclic) bond motifs is 3. The Balaban J connectivity index is 1.90. The first-order valence-electron chi connectivity index (χ1n) is 9.32. The van der Waals surface area contributed by atoms with Gasteiger partial charge in [-0.1, -0.05) is 24.3 Å². The van der Waals surface area contributed by atoms with Crippen molar-refractivity contribution < 1.29 is 19.0 Å². The van der Waals surface area contributed by atoms with Gasteiger partial charge in [0, 0.05) is 34.9 Å². The molecule has 0 fully saturated rings. The Morgan fingerprint density at radius 1 is 1.13 bits per heavy atom. The number of anilines is 1. The second kappa shape index (κ2) is 7.91. The number of benzene rings is 3. The molecule has 0 aliphatic carbocycles. The molecule has 1 aliphatic heterocycles. The molecular weight excluding hydrogens is 448 g/mol. The van der Waals surface area contributed by atoms with E-state index >= 15 is 0 Å². The van der Waals surface area contributed by atoms with Crippen molar-refractivity contribution in [2.24, 2.45) is 5.73 Å². The van der Waals surface area contributed by atoms with Crippen molar-refractivity contribution in [1.29, 1.82) is 0 Å². The second-order valence-electron chi connectivity index (χ2n) is 6.95. The predicted molar refractivity (Wildman–Crippen MR) is 120 cm³/mol. The molecule has 1 atom stereocenters. The molecule has 1 aliphatic rings. The van der Waals surface area contributed by atoms with Gasteiger partial charge in [-0.25, -0.2) is 0 Å². The fourth-order valence-electron chi connectivity index (χ4n) is 3.80. The molecule has 1 unspecified atom stereocenters. The average Bonchev–Trinajstić information content (AvgIpc) is 2.72. The van der Waals surface area contributed by atoms with Crippen molar-refractivity contribution in [2.75, 3.05) is 19.5 Å². The van der Waals surface area contributed by atoms with Gasteiger partial charge in [0.25, 0.3) is 0 Å². The van der Waals surface area contributed by atoms with Gasteiger partial charge in [-0.15, -0.1) is 0 Å². The van der Waals surface area contributed by atoms with Gasteiger partial charge in [0.1, 0.15) is 5.75 Å². The van der Waals surface area contributed by atoms with E-state index in [1.54, 1.807) is 14.2 Å². The Hall–Kier alpha value is -3.19. The summed E-state index contributed by atoms with van der Waals surface area (Å²) in [6.45, 7) is 1.49. The Labute approximate surface area is 182 Å². The largest absolute Gasteiger partial charge is 0.493 e. The van der Waals surface area contributed by atoms with Crippen LogP contribution in [0, 0.1) is 0 Å². The normalized spacial score (nSPS) is 15.1. The van der Waals surface area contributed by atoms with E-state index < -0.39 is 0 Å². The highest BCUT2D eigenvalue weighted by molar-refractivity contribution is 9.10. The molecule has 1 amide bonds. The van der Waals surface area contributed by atoms with E-state index in [2.05, 4.69) is 21.2 Å². The molecule has 3 aromatic rings. The highest BCUT2D eigenvalue weighted by Crippen LogP contribution is 2.46. The molecule has 0 saturated carbocycles. The third-order valence-corrected chi connectivity index (χ3v) is 5.64. The molecule has 30 heavy (non-hydrogen) atoms. The van der Waals surface area contributed by atoms with Crippen LogP contribution in [0.2, 0.25) is 0 Å². The fraction of sp³-hybridized carbons (Fsp3) is 0.174. The van der Waals surface area contributed by atoms with E-state index in [4.69, 9.17) is 19.9 Å². The average molecular weight is 469 g/mol. The lowest BCUT2D eigenvalue weighted by Crippen LogP contribution is -2.16. The number of halogens is 1. The lowest BCUT2D eigenvalue weighted by Gasteiger charge is -2.26. The van der Waals surface area contributed by atoms with Crippen LogP contribution in [-0.4, -0.2) is 20.1 Å². The molecular formula is C23H21BrN2O4. The van der Waals surface area contributed by atoms with E-state index in [0.717, 1.165) is 32.1 Å². The minimum absolute atomic E-state index is 0.131. The second-order valence-corrected chi connectivity index (χ2v) is 7.81. The zero-order chi connectivity index (χ0) is 21.4. The van der Waals surface area contributed by atoms with E-state index in [-0.39, 0.29) is 11.8 Å². The first-order valence-corrected chi connectivity index (χ1v) is 10.1. The smallest absolute Gasteiger partial charge is 0.221 e. The highest BCUT2D eigenvalue weighted by atomic mass is 79.9. The number of hydrogen-bond donors (Lipinski definition) is 2. The molecule has 0 spiro atoms. The number of amides is 1. The number of hydrogen-bond acceptors (Lipinski definition) is 5. The quantitative estimate of drug-likeness (QED) is 0.568. The monoisotopic (exact) mass is 468 g/mol. The molecule has 4 rings (SSSR count). The molecule has 0 aromatic heterocycles. The van der Waals surface area contributed by atoms with Gasteiger partial charge in [-0.2, -0.15) is 0 Å². The molecule has 0 radical (unpaired) electrons. The minimum Gasteiger partial charge on any atom is -0.493 e. The lowest BCUT2D eigenvalue weighted by molar-refractivity contribution is -0.114. The maximum Gasteiger partial charge on any atom is 0.221 e. The summed E-state index contributed by atoms with van der Waals surface area (Å²) in [4.78, 5) is 11.6. The van der Waals surface area contributed by atoms with Gasteiger partial charge < -0.3 is 25.3 Å².